The lowest BCUT2D eigenvalue weighted by molar-refractivity contribution is -0.117. The first-order chi connectivity index (χ1) is 8.86. The lowest BCUT2D eigenvalue weighted by atomic mass is 9.70. The molecule has 3 rings (SSSR count). The van der Waals surface area contributed by atoms with Crippen LogP contribution >= 0.6 is 0 Å². The quantitative estimate of drug-likeness (QED) is 0.704. The van der Waals surface area contributed by atoms with Gasteiger partial charge in [0, 0.05) is 11.3 Å². The molecule has 0 N–H and O–H groups in total. The van der Waals surface area contributed by atoms with Gasteiger partial charge in [0.25, 0.3) is 0 Å². The van der Waals surface area contributed by atoms with Gasteiger partial charge in [-0.25, -0.2) is 0 Å². The number of fused-ring (bicyclic) bond motifs is 2. The minimum absolute atomic E-state index is 0.0162. The number of nitrogens with zero attached hydrogens (tertiary/aromatic N) is 1. The van der Waals surface area contributed by atoms with Gasteiger partial charge in [0.2, 0.25) is 0 Å². The molecule has 3 unspecified atom stereocenters. The SMILES string of the molecule is CC1=CC(N=C2C(=O)C3CCC2(C)C3(C)C)CC=C1. The van der Waals surface area contributed by atoms with Crippen molar-refractivity contribution < 1.29 is 4.79 Å². The van der Waals surface area contributed by atoms with Crippen LogP contribution in [0.1, 0.15) is 47.0 Å². The van der Waals surface area contributed by atoms with Gasteiger partial charge in [-0.15, -0.1) is 0 Å². The van der Waals surface area contributed by atoms with E-state index in [4.69, 9.17) is 4.99 Å². The molecule has 3 aliphatic rings. The van der Waals surface area contributed by atoms with E-state index in [0.29, 0.717) is 5.78 Å². The van der Waals surface area contributed by atoms with Gasteiger partial charge in [0.15, 0.2) is 5.78 Å². The number of Topliss-reactive ketones (excluding diaryl/α,β-unsaturated/α-hetero) is 1. The molecule has 19 heavy (non-hydrogen) atoms. The second-order valence-electron chi connectivity index (χ2n) is 7.10. The highest BCUT2D eigenvalue weighted by atomic mass is 16.1. The van der Waals surface area contributed by atoms with Crippen LogP contribution in [0.5, 0.6) is 0 Å². The summed E-state index contributed by atoms with van der Waals surface area (Å²) in [6.07, 6.45) is 9.55. The van der Waals surface area contributed by atoms with Crippen molar-refractivity contribution in [1.29, 1.82) is 0 Å². The van der Waals surface area contributed by atoms with Gasteiger partial charge in [-0.2, -0.15) is 0 Å². The second kappa shape index (κ2) is 3.91. The van der Waals surface area contributed by atoms with E-state index in [1.807, 2.05) is 0 Å². The van der Waals surface area contributed by atoms with Crippen molar-refractivity contribution in [3.05, 3.63) is 23.8 Å². The molecule has 3 atom stereocenters. The van der Waals surface area contributed by atoms with Crippen LogP contribution in [-0.4, -0.2) is 17.5 Å². The molecule has 0 aliphatic heterocycles. The van der Waals surface area contributed by atoms with Crippen molar-refractivity contribution in [3.8, 4) is 0 Å². The number of carbonyl (C=O) groups excluding carboxylic acids is 1. The molecule has 2 saturated carbocycles. The van der Waals surface area contributed by atoms with Crippen LogP contribution in [0.4, 0.5) is 0 Å². The third kappa shape index (κ3) is 1.62. The van der Waals surface area contributed by atoms with Crippen LogP contribution in [0.3, 0.4) is 0 Å². The maximum absolute atomic E-state index is 12.6. The van der Waals surface area contributed by atoms with Crippen molar-refractivity contribution in [2.75, 3.05) is 0 Å². The minimum Gasteiger partial charge on any atom is -0.292 e. The van der Waals surface area contributed by atoms with Crippen molar-refractivity contribution >= 4 is 11.5 Å². The number of carbonyl (C=O) groups is 1. The first-order valence-electron chi connectivity index (χ1n) is 7.34. The fourth-order valence-electron chi connectivity index (χ4n) is 4.10. The Bertz CT molecular complexity index is 523. The molecular formula is C17H23NO. The zero-order chi connectivity index (χ0) is 13.8. The van der Waals surface area contributed by atoms with E-state index in [-0.39, 0.29) is 22.8 Å². The first kappa shape index (κ1) is 12.8. The largest absolute Gasteiger partial charge is 0.292 e. The van der Waals surface area contributed by atoms with Crippen LogP contribution in [0, 0.1) is 16.7 Å². The van der Waals surface area contributed by atoms with Gasteiger partial charge in [0.1, 0.15) is 0 Å². The highest BCUT2D eigenvalue weighted by Gasteiger charge is 2.64. The third-order valence-corrected chi connectivity index (χ3v) is 5.81. The summed E-state index contributed by atoms with van der Waals surface area (Å²) in [6, 6.07) is 0.163. The molecule has 0 aromatic rings. The molecule has 0 spiro atoms. The summed E-state index contributed by atoms with van der Waals surface area (Å²) in [5, 5.41) is 0. The van der Waals surface area contributed by atoms with E-state index in [1.165, 1.54) is 5.57 Å². The highest BCUT2D eigenvalue weighted by molar-refractivity contribution is 6.45. The summed E-state index contributed by atoms with van der Waals surface area (Å²) in [5.41, 5.74) is 2.18. The fraction of sp³-hybridized carbons (Fsp3) is 0.647. The molecule has 2 bridgehead atoms. The van der Waals surface area contributed by atoms with E-state index in [9.17, 15) is 4.79 Å². The average Bonchev–Trinajstić information content (AvgIpc) is 2.63. The standard InChI is InChI=1S/C17H23NO/c1-11-6-5-7-12(10-11)18-15-14(19)13-8-9-17(15,4)16(13,2)3/h5-6,10,12-13H,7-9H2,1-4H3. The predicted molar refractivity (Wildman–Crippen MR) is 78.4 cm³/mol. The Kier molecular flexibility index (Phi) is 2.64. The highest BCUT2D eigenvalue weighted by Crippen LogP contribution is 2.62. The van der Waals surface area contributed by atoms with Crippen LogP contribution in [0.15, 0.2) is 28.8 Å². The molecular weight excluding hydrogens is 234 g/mol. The average molecular weight is 257 g/mol. The maximum Gasteiger partial charge on any atom is 0.180 e. The Balaban J connectivity index is 1.98. The Morgan fingerprint density at radius 1 is 1.32 bits per heavy atom. The summed E-state index contributed by atoms with van der Waals surface area (Å²) in [6.45, 7) is 8.82. The molecule has 2 nitrogen and oxygen atoms in total. The molecule has 0 heterocycles. The van der Waals surface area contributed by atoms with Crippen LogP contribution < -0.4 is 0 Å². The lowest BCUT2D eigenvalue weighted by Gasteiger charge is -2.33. The van der Waals surface area contributed by atoms with Crippen LogP contribution in [0.25, 0.3) is 0 Å². The number of hydrogen-bond donors (Lipinski definition) is 0. The van der Waals surface area contributed by atoms with Crippen molar-refractivity contribution in [2.24, 2.45) is 21.7 Å². The topological polar surface area (TPSA) is 29.4 Å². The van der Waals surface area contributed by atoms with Gasteiger partial charge >= 0.3 is 0 Å². The Morgan fingerprint density at radius 3 is 2.63 bits per heavy atom. The molecule has 2 fully saturated rings. The molecule has 3 aliphatic carbocycles. The summed E-state index contributed by atoms with van der Waals surface area (Å²) >= 11 is 0. The van der Waals surface area contributed by atoms with Gasteiger partial charge in [0.05, 0.1) is 11.8 Å². The molecule has 102 valence electrons. The molecule has 0 amide bonds. The molecule has 0 radical (unpaired) electrons. The van der Waals surface area contributed by atoms with E-state index in [1.54, 1.807) is 0 Å². The molecule has 0 saturated heterocycles. The minimum atomic E-state index is -0.0162. The van der Waals surface area contributed by atoms with E-state index >= 15 is 0 Å². The summed E-state index contributed by atoms with van der Waals surface area (Å²) < 4.78 is 0. The predicted octanol–water partition coefficient (Wildman–Crippen LogP) is 3.73. The van der Waals surface area contributed by atoms with Crippen LogP contribution in [0.2, 0.25) is 0 Å². The maximum atomic E-state index is 12.6. The summed E-state index contributed by atoms with van der Waals surface area (Å²) in [4.78, 5) is 17.4. The smallest absolute Gasteiger partial charge is 0.180 e. The monoisotopic (exact) mass is 257 g/mol. The molecule has 0 aromatic carbocycles. The number of ketones is 1. The molecule has 2 heteroatoms. The number of rotatable bonds is 1. The van der Waals surface area contributed by atoms with E-state index < -0.39 is 0 Å². The van der Waals surface area contributed by atoms with Gasteiger partial charge in [-0.3, -0.25) is 9.79 Å². The second-order valence-corrected chi connectivity index (χ2v) is 7.10. The van der Waals surface area contributed by atoms with Gasteiger partial charge in [-0.1, -0.05) is 44.6 Å². The number of hydrogen-bond acceptors (Lipinski definition) is 2. The normalized spacial score (nSPS) is 42.0. The van der Waals surface area contributed by atoms with Crippen molar-refractivity contribution in [3.63, 3.8) is 0 Å². The Labute approximate surface area is 115 Å². The Hall–Kier alpha value is -1.18. The van der Waals surface area contributed by atoms with E-state index in [2.05, 4.69) is 45.9 Å². The zero-order valence-corrected chi connectivity index (χ0v) is 12.4. The third-order valence-electron chi connectivity index (χ3n) is 5.81. The first-order valence-corrected chi connectivity index (χ1v) is 7.34. The van der Waals surface area contributed by atoms with Crippen LogP contribution in [-0.2, 0) is 4.79 Å². The number of aliphatic imine (C=N–C) groups is 1. The van der Waals surface area contributed by atoms with Crippen molar-refractivity contribution in [1.82, 2.24) is 0 Å². The Morgan fingerprint density at radius 2 is 2.05 bits per heavy atom. The van der Waals surface area contributed by atoms with E-state index in [0.717, 1.165) is 25.0 Å². The van der Waals surface area contributed by atoms with Gasteiger partial charge < -0.3 is 0 Å². The molecule has 0 aromatic heterocycles. The number of allylic oxidation sites excluding steroid dienone is 2. The van der Waals surface area contributed by atoms with Gasteiger partial charge in [-0.05, 0) is 31.6 Å². The van der Waals surface area contributed by atoms with Crippen molar-refractivity contribution in [2.45, 2.75) is 53.0 Å². The lowest BCUT2D eigenvalue weighted by Crippen LogP contribution is -2.34. The summed E-state index contributed by atoms with van der Waals surface area (Å²) in [7, 11) is 0. The fourth-order valence-corrected chi connectivity index (χ4v) is 4.10. The summed E-state index contributed by atoms with van der Waals surface area (Å²) in [5.74, 6) is 0.514. The zero-order valence-electron chi connectivity index (χ0n) is 12.4.